The smallest absolute Gasteiger partial charge is 0.253 e. The van der Waals surface area contributed by atoms with Crippen LogP contribution in [0, 0.1) is 13.8 Å². The Bertz CT molecular complexity index is 985. The minimum atomic E-state index is -0.154. The van der Waals surface area contributed by atoms with E-state index in [-0.39, 0.29) is 12.5 Å². The van der Waals surface area contributed by atoms with Gasteiger partial charge >= 0.3 is 0 Å². The molecule has 0 aliphatic heterocycles. The fourth-order valence-corrected chi connectivity index (χ4v) is 3.30. The van der Waals surface area contributed by atoms with Crippen LogP contribution < -0.4 is 5.32 Å². The molecular formula is C21H26N4O2. The number of carbonyl (C=O) groups excluding carboxylic acids is 1. The lowest BCUT2D eigenvalue weighted by Gasteiger charge is -2.15. The lowest BCUT2D eigenvalue weighted by molar-refractivity contribution is 0.0828. The molecule has 0 saturated carbocycles. The fourth-order valence-electron chi connectivity index (χ4n) is 3.30. The third kappa shape index (κ3) is 3.53. The minimum absolute atomic E-state index is 0.0706. The largest absolute Gasteiger partial charge is 0.388 e. The Kier molecular flexibility index (Phi) is 5.19. The molecule has 0 fully saturated rings. The van der Waals surface area contributed by atoms with Gasteiger partial charge in [0.15, 0.2) is 0 Å². The van der Waals surface area contributed by atoms with Gasteiger partial charge in [-0.2, -0.15) is 0 Å². The molecule has 0 saturated heterocycles. The van der Waals surface area contributed by atoms with Gasteiger partial charge in [0, 0.05) is 33.3 Å². The van der Waals surface area contributed by atoms with Crippen molar-refractivity contribution >= 4 is 22.6 Å². The SMILES string of the molecule is Cc1cccc(C)c1CNc1cc(C(=O)N(C)C)cc2c1nc(CO)n2C. The van der Waals surface area contributed by atoms with Gasteiger partial charge in [-0.25, -0.2) is 4.98 Å². The van der Waals surface area contributed by atoms with Gasteiger partial charge in [0.25, 0.3) is 5.91 Å². The van der Waals surface area contributed by atoms with Gasteiger partial charge in [0.2, 0.25) is 0 Å². The van der Waals surface area contributed by atoms with Crippen LogP contribution in [0.25, 0.3) is 11.0 Å². The van der Waals surface area contributed by atoms with E-state index in [1.807, 2.05) is 23.7 Å². The van der Waals surface area contributed by atoms with Gasteiger partial charge in [0.05, 0.1) is 11.2 Å². The molecule has 2 N–H and O–H groups in total. The van der Waals surface area contributed by atoms with Crippen molar-refractivity contribution in [3.63, 3.8) is 0 Å². The second-order valence-electron chi connectivity index (χ2n) is 7.06. The predicted molar refractivity (Wildman–Crippen MR) is 108 cm³/mol. The lowest BCUT2D eigenvalue weighted by atomic mass is 10.0. The number of aromatic nitrogens is 2. The first kappa shape index (κ1) is 18.9. The summed E-state index contributed by atoms with van der Waals surface area (Å²) in [6.07, 6.45) is 0. The highest BCUT2D eigenvalue weighted by Gasteiger charge is 2.17. The number of hydrogen-bond donors (Lipinski definition) is 2. The molecule has 0 unspecified atom stereocenters. The summed E-state index contributed by atoms with van der Waals surface area (Å²) < 4.78 is 1.83. The number of nitrogens with zero attached hydrogens (tertiary/aromatic N) is 3. The van der Waals surface area contributed by atoms with E-state index in [4.69, 9.17) is 0 Å². The van der Waals surface area contributed by atoms with E-state index >= 15 is 0 Å². The predicted octanol–water partition coefficient (Wildman–Crippen LogP) is 3.00. The first-order valence-corrected chi connectivity index (χ1v) is 8.94. The van der Waals surface area contributed by atoms with Crippen molar-refractivity contribution < 1.29 is 9.90 Å². The monoisotopic (exact) mass is 366 g/mol. The number of benzene rings is 2. The molecule has 142 valence electrons. The zero-order valence-corrected chi connectivity index (χ0v) is 16.5. The molecule has 0 bridgehead atoms. The van der Waals surface area contributed by atoms with Crippen molar-refractivity contribution in [2.24, 2.45) is 7.05 Å². The lowest BCUT2D eigenvalue weighted by Crippen LogP contribution is -2.21. The van der Waals surface area contributed by atoms with Gasteiger partial charge in [-0.3, -0.25) is 4.79 Å². The average Bonchev–Trinajstić information content (AvgIpc) is 2.96. The Morgan fingerprint density at radius 2 is 1.89 bits per heavy atom. The number of aliphatic hydroxyl groups is 1. The quantitative estimate of drug-likeness (QED) is 0.728. The Labute approximate surface area is 159 Å². The number of aryl methyl sites for hydroxylation is 3. The van der Waals surface area contributed by atoms with Crippen LogP contribution in [0.3, 0.4) is 0 Å². The van der Waals surface area contributed by atoms with E-state index in [1.165, 1.54) is 16.7 Å². The number of hydrogen-bond acceptors (Lipinski definition) is 4. The Balaban J connectivity index is 2.08. The summed E-state index contributed by atoms with van der Waals surface area (Å²) in [5.41, 5.74) is 6.61. The fraction of sp³-hybridized carbons (Fsp3) is 0.333. The number of anilines is 1. The number of imidazole rings is 1. The van der Waals surface area contributed by atoms with Gasteiger partial charge in [-0.1, -0.05) is 18.2 Å². The van der Waals surface area contributed by atoms with Crippen LogP contribution in [-0.4, -0.2) is 39.6 Å². The van der Waals surface area contributed by atoms with E-state index in [1.54, 1.807) is 19.0 Å². The van der Waals surface area contributed by atoms with E-state index in [0.717, 1.165) is 16.7 Å². The van der Waals surface area contributed by atoms with Crippen LogP contribution in [-0.2, 0) is 20.2 Å². The van der Waals surface area contributed by atoms with E-state index in [9.17, 15) is 9.90 Å². The first-order chi connectivity index (χ1) is 12.8. The van der Waals surface area contributed by atoms with Crippen molar-refractivity contribution in [1.29, 1.82) is 0 Å². The Morgan fingerprint density at radius 3 is 2.48 bits per heavy atom. The molecule has 27 heavy (non-hydrogen) atoms. The first-order valence-electron chi connectivity index (χ1n) is 8.94. The second-order valence-corrected chi connectivity index (χ2v) is 7.06. The van der Waals surface area contributed by atoms with Gasteiger partial charge < -0.3 is 19.9 Å². The van der Waals surface area contributed by atoms with E-state index in [0.29, 0.717) is 17.9 Å². The number of fused-ring (bicyclic) bond motifs is 1. The van der Waals surface area contributed by atoms with Crippen molar-refractivity contribution in [2.45, 2.75) is 27.0 Å². The maximum atomic E-state index is 12.5. The molecule has 1 amide bonds. The topological polar surface area (TPSA) is 70.4 Å². The molecule has 0 aliphatic carbocycles. The molecule has 0 spiro atoms. The summed E-state index contributed by atoms with van der Waals surface area (Å²) in [5, 5.41) is 13.0. The zero-order chi connectivity index (χ0) is 19.7. The second kappa shape index (κ2) is 7.40. The number of carbonyl (C=O) groups is 1. The van der Waals surface area contributed by atoms with Gasteiger partial charge in [-0.05, 0) is 42.7 Å². The standard InChI is InChI=1S/C21H26N4O2/c1-13-7-6-8-14(2)16(13)11-22-17-9-15(21(27)24(3)4)10-18-20(17)23-19(12-26)25(18)5/h6-10,22,26H,11-12H2,1-5H3. The van der Waals surface area contributed by atoms with Crippen LogP contribution >= 0.6 is 0 Å². The molecule has 1 aromatic heterocycles. The number of rotatable bonds is 5. The third-order valence-electron chi connectivity index (χ3n) is 4.97. The Hall–Kier alpha value is -2.86. The van der Waals surface area contributed by atoms with Gasteiger partial charge in [-0.15, -0.1) is 0 Å². The average molecular weight is 366 g/mol. The molecule has 2 aromatic carbocycles. The Morgan fingerprint density at radius 1 is 1.22 bits per heavy atom. The summed E-state index contributed by atoms with van der Waals surface area (Å²) in [6.45, 7) is 4.67. The molecule has 1 heterocycles. The van der Waals surface area contributed by atoms with Crippen molar-refractivity contribution in [2.75, 3.05) is 19.4 Å². The van der Waals surface area contributed by atoms with E-state index in [2.05, 4.69) is 42.3 Å². The highest BCUT2D eigenvalue weighted by atomic mass is 16.3. The van der Waals surface area contributed by atoms with Crippen LogP contribution in [0.1, 0.15) is 32.9 Å². The highest BCUT2D eigenvalue weighted by molar-refractivity contribution is 6.01. The van der Waals surface area contributed by atoms with Crippen LogP contribution in [0.15, 0.2) is 30.3 Å². The molecule has 0 radical (unpaired) electrons. The molecule has 6 nitrogen and oxygen atoms in total. The molecule has 0 aliphatic rings. The highest BCUT2D eigenvalue weighted by Crippen LogP contribution is 2.27. The summed E-state index contributed by atoms with van der Waals surface area (Å²) in [7, 11) is 5.32. The normalized spacial score (nSPS) is 11.0. The minimum Gasteiger partial charge on any atom is -0.388 e. The van der Waals surface area contributed by atoms with Crippen molar-refractivity contribution in [1.82, 2.24) is 14.5 Å². The number of amides is 1. The maximum absolute atomic E-state index is 12.5. The van der Waals surface area contributed by atoms with Crippen LogP contribution in [0.5, 0.6) is 0 Å². The van der Waals surface area contributed by atoms with Gasteiger partial charge in [0.1, 0.15) is 17.9 Å². The summed E-state index contributed by atoms with van der Waals surface area (Å²) in [6, 6.07) is 9.90. The zero-order valence-electron chi connectivity index (χ0n) is 16.5. The summed E-state index contributed by atoms with van der Waals surface area (Å²) >= 11 is 0. The third-order valence-corrected chi connectivity index (χ3v) is 4.97. The molecular weight excluding hydrogens is 340 g/mol. The number of aliphatic hydroxyl groups excluding tert-OH is 1. The molecule has 3 rings (SSSR count). The van der Waals surface area contributed by atoms with Crippen LogP contribution in [0.4, 0.5) is 5.69 Å². The maximum Gasteiger partial charge on any atom is 0.253 e. The summed E-state index contributed by atoms with van der Waals surface area (Å²) in [5.74, 6) is 0.494. The van der Waals surface area contributed by atoms with Crippen LogP contribution in [0.2, 0.25) is 0 Å². The molecule has 6 heteroatoms. The molecule has 0 atom stereocenters. The molecule has 3 aromatic rings. The van der Waals surface area contributed by atoms with E-state index < -0.39 is 0 Å². The number of nitrogens with one attached hydrogen (secondary N) is 1. The van der Waals surface area contributed by atoms with Crippen molar-refractivity contribution in [3.05, 3.63) is 58.4 Å². The summed E-state index contributed by atoms with van der Waals surface area (Å²) in [4.78, 5) is 18.6. The van der Waals surface area contributed by atoms with Crippen molar-refractivity contribution in [3.8, 4) is 0 Å².